The van der Waals surface area contributed by atoms with Gasteiger partial charge in [-0.25, -0.2) is 16.8 Å². The number of hydrogen-bond acceptors (Lipinski definition) is 7. The molecule has 1 aromatic rings. The van der Waals surface area contributed by atoms with E-state index in [0.29, 0.717) is 18.5 Å². The molecule has 0 bridgehead atoms. The topological polar surface area (TPSA) is 118 Å². The van der Waals surface area contributed by atoms with Crippen molar-refractivity contribution in [2.45, 2.75) is 50.8 Å². The second-order valence-corrected chi connectivity index (χ2v) is 10.7. The molecule has 2 rings (SSSR count). The standard InChI is InChI=1S/C21H29NO6S2.2Na/c1-5-16(2)9-8-10-20-21(3,4)18-15-17(30(26,27)28)11-12-19(18)22(20)13-6-7-14-29(23,24)25;;/h5,8-12,15H,6-7,13-14H2,1-4H3,(H,23,24,25)(H,26,27,28);;/q;2*+1/p-2/b9-8?,16-5?,20-10+;;. The largest absolute Gasteiger partial charge is 1.00 e. The van der Waals surface area contributed by atoms with E-state index in [1.807, 2.05) is 56.9 Å². The van der Waals surface area contributed by atoms with Gasteiger partial charge in [-0.1, -0.05) is 37.6 Å². The third kappa shape index (κ3) is 8.37. The number of benzene rings is 1. The Balaban J connectivity index is 0.00000480. The molecular weight excluding hydrogens is 472 g/mol. The van der Waals surface area contributed by atoms with E-state index in [9.17, 15) is 25.9 Å². The number of allylic oxidation sites excluding steroid dienone is 6. The van der Waals surface area contributed by atoms with Gasteiger partial charge < -0.3 is 14.0 Å². The van der Waals surface area contributed by atoms with Crippen molar-refractivity contribution in [3.63, 3.8) is 0 Å². The van der Waals surface area contributed by atoms with Crippen molar-refractivity contribution in [2.24, 2.45) is 0 Å². The summed E-state index contributed by atoms with van der Waals surface area (Å²) >= 11 is 0. The predicted octanol–water partition coefficient (Wildman–Crippen LogP) is -2.57. The summed E-state index contributed by atoms with van der Waals surface area (Å²) in [6.07, 6.45) is 8.44. The second-order valence-electron chi connectivity index (χ2n) is 7.82. The van der Waals surface area contributed by atoms with Crippen LogP contribution in [0.2, 0.25) is 0 Å². The molecule has 0 fully saturated rings. The molecule has 11 heteroatoms. The Morgan fingerprint density at radius 2 is 1.72 bits per heavy atom. The second kappa shape index (κ2) is 12.7. The third-order valence-electron chi connectivity index (χ3n) is 5.25. The summed E-state index contributed by atoms with van der Waals surface area (Å²) in [6.45, 7) is 8.24. The Labute approximate surface area is 236 Å². The summed E-state index contributed by atoms with van der Waals surface area (Å²) in [5, 5.41) is 0. The zero-order valence-electron chi connectivity index (χ0n) is 19.6. The molecule has 0 amide bonds. The van der Waals surface area contributed by atoms with E-state index in [0.717, 1.165) is 17.0 Å². The van der Waals surface area contributed by atoms with Crippen molar-refractivity contribution in [2.75, 3.05) is 17.2 Å². The quantitative estimate of drug-likeness (QED) is 0.167. The van der Waals surface area contributed by atoms with E-state index in [1.54, 1.807) is 6.07 Å². The Morgan fingerprint density at radius 3 is 2.25 bits per heavy atom. The van der Waals surface area contributed by atoms with E-state index in [4.69, 9.17) is 0 Å². The predicted molar refractivity (Wildman–Crippen MR) is 115 cm³/mol. The van der Waals surface area contributed by atoms with Crippen LogP contribution in [-0.2, 0) is 25.7 Å². The fraction of sp³-hybridized carbons (Fsp3) is 0.429. The summed E-state index contributed by atoms with van der Waals surface area (Å²) in [5.41, 5.74) is 2.86. The zero-order valence-corrected chi connectivity index (χ0v) is 25.2. The molecule has 0 atom stereocenters. The van der Waals surface area contributed by atoms with Crippen LogP contribution in [0.4, 0.5) is 5.69 Å². The van der Waals surface area contributed by atoms with Crippen LogP contribution in [0.1, 0.15) is 46.1 Å². The number of anilines is 1. The van der Waals surface area contributed by atoms with Gasteiger partial charge in [-0.15, -0.1) is 0 Å². The molecule has 32 heavy (non-hydrogen) atoms. The van der Waals surface area contributed by atoms with E-state index in [-0.39, 0.29) is 70.4 Å². The van der Waals surface area contributed by atoms with Crippen molar-refractivity contribution < 1.29 is 85.1 Å². The van der Waals surface area contributed by atoms with Crippen LogP contribution in [0.3, 0.4) is 0 Å². The van der Waals surface area contributed by atoms with Crippen LogP contribution >= 0.6 is 0 Å². The number of rotatable bonds is 8. The van der Waals surface area contributed by atoms with E-state index in [1.165, 1.54) is 12.1 Å². The SMILES string of the molecule is CC=C(C)C=C/C=C1/N(CCCCS(=O)(=O)[O-])c2ccc(S(=O)(=O)[O-])cc2C1(C)C.[Na+].[Na+]. The molecule has 0 N–H and O–H groups in total. The van der Waals surface area contributed by atoms with E-state index in [2.05, 4.69) is 0 Å². The van der Waals surface area contributed by atoms with E-state index >= 15 is 0 Å². The third-order valence-corrected chi connectivity index (χ3v) is 6.87. The number of unbranched alkanes of at least 4 members (excludes halogenated alkanes) is 1. The first-order chi connectivity index (χ1) is 13.8. The van der Waals surface area contributed by atoms with Crippen LogP contribution in [0.15, 0.2) is 58.7 Å². The Kier molecular flexibility index (Phi) is 12.7. The van der Waals surface area contributed by atoms with Crippen LogP contribution in [0.5, 0.6) is 0 Å². The molecule has 0 radical (unpaired) electrons. The van der Waals surface area contributed by atoms with Crippen molar-refractivity contribution in [3.05, 3.63) is 59.3 Å². The van der Waals surface area contributed by atoms with E-state index < -0.39 is 31.4 Å². The molecule has 7 nitrogen and oxygen atoms in total. The first-order valence-electron chi connectivity index (χ1n) is 9.60. The Morgan fingerprint density at radius 1 is 1.09 bits per heavy atom. The van der Waals surface area contributed by atoms with Gasteiger partial charge in [0.1, 0.15) is 10.1 Å². The fourth-order valence-electron chi connectivity index (χ4n) is 3.49. The maximum Gasteiger partial charge on any atom is 1.00 e. The monoisotopic (exact) mass is 499 g/mol. The van der Waals surface area contributed by atoms with Crippen molar-refractivity contribution in [3.8, 4) is 0 Å². The molecule has 0 saturated carbocycles. The molecular formula is C21H27NNa2O6S2. The van der Waals surface area contributed by atoms with Gasteiger partial charge in [-0.05, 0) is 56.5 Å². The molecule has 1 heterocycles. The van der Waals surface area contributed by atoms with Gasteiger partial charge >= 0.3 is 59.1 Å². The average Bonchev–Trinajstić information content (AvgIpc) is 2.84. The average molecular weight is 500 g/mol. The minimum atomic E-state index is -4.59. The van der Waals surface area contributed by atoms with Crippen LogP contribution in [0, 0.1) is 0 Å². The van der Waals surface area contributed by atoms with Crippen LogP contribution in [0.25, 0.3) is 0 Å². The number of fused-ring (bicyclic) bond motifs is 1. The fourth-order valence-corrected chi connectivity index (χ4v) is 4.54. The normalized spacial score (nSPS) is 17.2. The van der Waals surface area contributed by atoms with Gasteiger partial charge in [0, 0.05) is 29.1 Å². The number of nitrogens with zero attached hydrogens (tertiary/aromatic N) is 1. The maximum atomic E-state index is 11.5. The summed E-state index contributed by atoms with van der Waals surface area (Å²) in [4.78, 5) is 1.71. The summed E-state index contributed by atoms with van der Waals surface area (Å²) in [6, 6.07) is 4.30. The summed E-state index contributed by atoms with van der Waals surface area (Å²) in [5.74, 6) is -0.427. The molecule has 1 aliphatic rings. The molecule has 0 unspecified atom stereocenters. The van der Waals surface area contributed by atoms with Crippen molar-refractivity contribution >= 4 is 25.9 Å². The Bertz CT molecular complexity index is 1110. The van der Waals surface area contributed by atoms with Gasteiger partial charge in [0.15, 0.2) is 0 Å². The molecule has 0 aromatic heterocycles. The van der Waals surface area contributed by atoms with Crippen molar-refractivity contribution in [1.82, 2.24) is 0 Å². The van der Waals surface area contributed by atoms with Gasteiger partial charge in [-0.3, -0.25) is 0 Å². The minimum Gasteiger partial charge on any atom is -0.748 e. The summed E-state index contributed by atoms with van der Waals surface area (Å²) < 4.78 is 67.1. The molecule has 1 aliphatic heterocycles. The van der Waals surface area contributed by atoms with Gasteiger partial charge in [0.05, 0.1) is 15.0 Å². The van der Waals surface area contributed by atoms with Crippen molar-refractivity contribution in [1.29, 1.82) is 0 Å². The van der Waals surface area contributed by atoms with Gasteiger partial charge in [0.2, 0.25) is 0 Å². The molecule has 0 spiro atoms. The molecule has 166 valence electrons. The molecule has 1 aromatic carbocycles. The maximum absolute atomic E-state index is 11.5. The van der Waals surface area contributed by atoms with Crippen LogP contribution < -0.4 is 64.0 Å². The first kappa shape index (κ1) is 32.1. The Hall–Kier alpha value is 0.0600. The molecule has 0 saturated heterocycles. The van der Waals surface area contributed by atoms with Gasteiger partial charge in [-0.2, -0.15) is 0 Å². The van der Waals surface area contributed by atoms with Crippen LogP contribution in [-0.4, -0.2) is 38.2 Å². The smallest absolute Gasteiger partial charge is 0.748 e. The first-order valence-corrected chi connectivity index (χ1v) is 12.6. The summed E-state index contributed by atoms with van der Waals surface area (Å²) in [7, 11) is -8.86. The zero-order chi connectivity index (χ0) is 22.7. The minimum absolute atomic E-state index is 0. The van der Waals surface area contributed by atoms with Gasteiger partial charge in [0.25, 0.3) is 0 Å². The molecule has 0 aliphatic carbocycles. The number of hydrogen-bond donors (Lipinski definition) is 0.